The van der Waals surface area contributed by atoms with Crippen LogP contribution in [0.5, 0.6) is 0 Å². The van der Waals surface area contributed by atoms with E-state index in [0.29, 0.717) is 17.0 Å². The Balaban J connectivity index is 2.28. The monoisotopic (exact) mass is 244 g/mol. The van der Waals surface area contributed by atoms with Crippen LogP contribution in [0.3, 0.4) is 0 Å². The Kier molecular flexibility index (Phi) is 2.00. The van der Waals surface area contributed by atoms with Gasteiger partial charge in [-0.15, -0.1) is 0 Å². The molecule has 2 aromatic heterocycles. The van der Waals surface area contributed by atoms with Crippen LogP contribution >= 0.6 is 11.6 Å². The molecule has 1 unspecified atom stereocenters. The van der Waals surface area contributed by atoms with Crippen LogP contribution in [-0.4, -0.2) is 27.6 Å². The van der Waals surface area contributed by atoms with E-state index < -0.39 is 12.3 Å². The first-order valence-corrected chi connectivity index (χ1v) is 5.11. The number of hydrogen-bond acceptors (Lipinski definition) is 3. The zero-order valence-electron chi connectivity index (χ0n) is 7.99. The number of aromatic nitrogens is 3. The van der Waals surface area contributed by atoms with Crippen LogP contribution in [0.25, 0.3) is 5.65 Å². The minimum atomic E-state index is -2.43. The molecule has 7 heteroatoms. The van der Waals surface area contributed by atoms with Crippen molar-refractivity contribution in [1.29, 1.82) is 0 Å². The van der Waals surface area contributed by atoms with Gasteiger partial charge in [-0.3, -0.25) is 0 Å². The standard InChI is InChI=1S/C9H7ClF2N4/c10-6-1-7-14-3-5-8(16(7)15-6)4(2-13-5)9(11)12/h1,3-4,9,13H,2H2. The first-order valence-electron chi connectivity index (χ1n) is 4.73. The average molecular weight is 245 g/mol. The molecular weight excluding hydrogens is 238 g/mol. The maximum Gasteiger partial charge on any atom is 0.248 e. The Labute approximate surface area is 94.2 Å². The second-order valence-corrected chi connectivity index (χ2v) is 4.00. The van der Waals surface area contributed by atoms with Crippen LogP contribution in [0.2, 0.25) is 5.15 Å². The first kappa shape index (κ1) is 9.77. The van der Waals surface area contributed by atoms with Gasteiger partial charge in [0.2, 0.25) is 6.43 Å². The maximum atomic E-state index is 12.8. The molecular formula is C9H7ClF2N4. The SMILES string of the molecule is FC(F)C1CNc2cnc3cc(Cl)nn3c21. The third-order valence-electron chi connectivity index (χ3n) is 2.66. The second kappa shape index (κ2) is 3.28. The molecule has 0 fully saturated rings. The van der Waals surface area contributed by atoms with Gasteiger partial charge in [0.05, 0.1) is 23.5 Å². The van der Waals surface area contributed by atoms with E-state index in [0.717, 1.165) is 0 Å². The van der Waals surface area contributed by atoms with Crippen LogP contribution in [0.15, 0.2) is 12.3 Å². The predicted molar refractivity (Wildman–Crippen MR) is 55.2 cm³/mol. The molecule has 3 rings (SSSR count). The topological polar surface area (TPSA) is 42.2 Å². The molecule has 2 aromatic rings. The Bertz CT molecular complexity index is 554. The summed E-state index contributed by atoms with van der Waals surface area (Å²) in [5.41, 5.74) is 1.53. The van der Waals surface area contributed by atoms with E-state index >= 15 is 0 Å². The zero-order chi connectivity index (χ0) is 11.3. The van der Waals surface area contributed by atoms with Crippen molar-refractivity contribution in [3.05, 3.63) is 23.1 Å². The number of alkyl halides is 2. The van der Waals surface area contributed by atoms with Gasteiger partial charge >= 0.3 is 0 Å². The van der Waals surface area contributed by atoms with Crippen LogP contribution < -0.4 is 5.32 Å². The fraction of sp³-hybridized carbons (Fsp3) is 0.333. The van der Waals surface area contributed by atoms with Gasteiger partial charge in [0.15, 0.2) is 10.8 Å². The molecule has 16 heavy (non-hydrogen) atoms. The lowest BCUT2D eigenvalue weighted by atomic mass is 10.1. The van der Waals surface area contributed by atoms with E-state index in [2.05, 4.69) is 15.4 Å². The van der Waals surface area contributed by atoms with Crippen molar-refractivity contribution in [3.63, 3.8) is 0 Å². The van der Waals surface area contributed by atoms with Gasteiger partial charge in [-0.25, -0.2) is 18.3 Å². The first-order chi connectivity index (χ1) is 7.66. The molecule has 0 bridgehead atoms. The summed E-state index contributed by atoms with van der Waals surface area (Å²) in [6.07, 6.45) is -0.896. The van der Waals surface area contributed by atoms with Crippen LogP contribution in [-0.2, 0) is 0 Å². The number of anilines is 1. The maximum absolute atomic E-state index is 12.8. The highest BCUT2D eigenvalue weighted by molar-refractivity contribution is 6.29. The number of fused-ring (bicyclic) bond motifs is 3. The van der Waals surface area contributed by atoms with E-state index in [-0.39, 0.29) is 11.7 Å². The van der Waals surface area contributed by atoms with E-state index in [4.69, 9.17) is 11.6 Å². The fourth-order valence-corrected chi connectivity index (χ4v) is 2.11. The summed E-state index contributed by atoms with van der Waals surface area (Å²) in [6.45, 7) is 0.200. The van der Waals surface area contributed by atoms with E-state index in [9.17, 15) is 8.78 Å². The molecule has 1 N–H and O–H groups in total. The average Bonchev–Trinajstić information content (AvgIpc) is 2.77. The Morgan fingerprint density at radius 2 is 2.38 bits per heavy atom. The van der Waals surface area contributed by atoms with Gasteiger partial charge in [-0.05, 0) is 0 Å². The van der Waals surface area contributed by atoms with Crippen molar-refractivity contribution in [2.24, 2.45) is 0 Å². The Morgan fingerprint density at radius 3 is 3.12 bits per heavy atom. The van der Waals surface area contributed by atoms with Crippen molar-refractivity contribution >= 4 is 22.9 Å². The highest BCUT2D eigenvalue weighted by Crippen LogP contribution is 2.35. The van der Waals surface area contributed by atoms with Gasteiger partial charge in [-0.2, -0.15) is 5.10 Å². The van der Waals surface area contributed by atoms with Gasteiger partial charge in [0.1, 0.15) is 0 Å². The molecule has 1 aliphatic rings. The van der Waals surface area contributed by atoms with Gasteiger partial charge in [0.25, 0.3) is 0 Å². The van der Waals surface area contributed by atoms with Crippen LogP contribution in [0.4, 0.5) is 14.5 Å². The number of nitrogens with one attached hydrogen (secondary N) is 1. The van der Waals surface area contributed by atoms with Gasteiger partial charge in [0, 0.05) is 12.6 Å². The minimum Gasteiger partial charge on any atom is -0.381 e. The largest absolute Gasteiger partial charge is 0.381 e. The number of hydrogen-bond donors (Lipinski definition) is 1. The Hall–Kier alpha value is -1.43. The third-order valence-corrected chi connectivity index (χ3v) is 2.84. The summed E-state index contributed by atoms with van der Waals surface area (Å²) in [6, 6.07) is 1.54. The number of rotatable bonds is 1. The van der Waals surface area contributed by atoms with Crippen LogP contribution in [0, 0.1) is 0 Å². The highest BCUT2D eigenvalue weighted by Gasteiger charge is 2.33. The molecule has 4 nitrogen and oxygen atoms in total. The molecule has 0 aromatic carbocycles. The summed E-state index contributed by atoms with van der Waals surface area (Å²) in [4.78, 5) is 4.08. The smallest absolute Gasteiger partial charge is 0.248 e. The van der Waals surface area contributed by atoms with Crippen molar-refractivity contribution in [2.45, 2.75) is 12.3 Å². The van der Waals surface area contributed by atoms with E-state index in [1.165, 1.54) is 10.7 Å². The van der Waals surface area contributed by atoms with Crippen molar-refractivity contribution in [3.8, 4) is 0 Å². The molecule has 0 spiro atoms. The summed E-state index contributed by atoms with van der Waals surface area (Å²) in [5.74, 6) is -0.864. The molecule has 0 saturated heterocycles. The molecule has 0 amide bonds. The van der Waals surface area contributed by atoms with E-state index in [1.807, 2.05) is 0 Å². The number of halogens is 3. The normalized spacial score (nSPS) is 19.1. The molecule has 1 aliphatic heterocycles. The summed E-state index contributed by atoms with van der Waals surface area (Å²) >= 11 is 5.73. The van der Waals surface area contributed by atoms with Crippen molar-refractivity contribution < 1.29 is 8.78 Å². The summed E-state index contributed by atoms with van der Waals surface area (Å²) in [5, 5.41) is 7.10. The lowest BCUT2D eigenvalue weighted by Gasteiger charge is -2.09. The Morgan fingerprint density at radius 1 is 1.56 bits per heavy atom. The third kappa shape index (κ3) is 1.26. The molecule has 1 atom stereocenters. The fourth-order valence-electron chi connectivity index (χ4n) is 1.94. The molecule has 0 aliphatic carbocycles. The van der Waals surface area contributed by atoms with Gasteiger partial charge in [-0.1, -0.05) is 11.6 Å². The molecule has 3 heterocycles. The minimum absolute atomic E-state index is 0.200. The summed E-state index contributed by atoms with van der Waals surface area (Å²) < 4.78 is 27.0. The van der Waals surface area contributed by atoms with Crippen molar-refractivity contribution in [2.75, 3.05) is 11.9 Å². The molecule has 84 valence electrons. The highest BCUT2D eigenvalue weighted by atomic mass is 35.5. The van der Waals surface area contributed by atoms with Crippen molar-refractivity contribution in [1.82, 2.24) is 14.6 Å². The predicted octanol–water partition coefficient (Wildman–Crippen LogP) is 2.16. The molecule has 0 saturated carbocycles. The summed E-state index contributed by atoms with van der Waals surface area (Å²) in [7, 11) is 0. The second-order valence-electron chi connectivity index (χ2n) is 3.62. The quantitative estimate of drug-likeness (QED) is 0.836. The number of nitrogens with zero attached hydrogens (tertiary/aromatic N) is 3. The van der Waals surface area contributed by atoms with E-state index in [1.54, 1.807) is 6.07 Å². The lowest BCUT2D eigenvalue weighted by Crippen LogP contribution is -2.14. The van der Waals surface area contributed by atoms with Gasteiger partial charge < -0.3 is 5.32 Å². The zero-order valence-corrected chi connectivity index (χ0v) is 8.75. The van der Waals surface area contributed by atoms with Crippen LogP contribution in [0.1, 0.15) is 11.6 Å². The molecule has 0 radical (unpaired) electrons. The lowest BCUT2D eigenvalue weighted by molar-refractivity contribution is 0.119.